The second-order valence-electron chi connectivity index (χ2n) is 5.82. The fraction of sp³-hybridized carbons (Fsp3) is 0.733. The van der Waals surface area contributed by atoms with Crippen LogP contribution in [0.3, 0.4) is 0 Å². The van der Waals surface area contributed by atoms with Crippen molar-refractivity contribution >= 4 is 5.82 Å². The van der Waals surface area contributed by atoms with Crippen LogP contribution in [0.25, 0.3) is 0 Å². The first kappa shape index (κ1) is 12.9. The maximum atomic E-state index is 5.50. The van der Waals surface area contributed by atoms with E-state index in [1.54, 1.807) is 6.33 Å². The third-order valence-corrected chi connectivity index (χ3v) is 4.77. The molecular formula is C15H23N3O. The molecule has 0 bridgehead atoms. The maximum Gasteiger partial charge on any atom is 0.132 e. The Kier molecular flexibility index (Phi) is 3.69. The second kappa shape index (κ2) is 5.45. The van der Waals surface area contributed by atoms with Gasteiger partial charge in [-0.25, -0.2) is 9.97 Å². The van der Waals surface area contributed by atoms with Gasteiger partial charge in [0.2, 0.25) is 0 Å². The van der Waals surface area contributed by atoms with E-state index < -0.39 is 0 Å². The Labute approximate surface area is 115 Å². The summed E-state index contributed by atoms with van der Waals surface area (Å²) in [7, 11) is 0. The summed E-state index contributed by atoms with van der Waals surface area (Å²) in [6.07, 6.45) is 7.72. The van der Waals surface area contributed by atoms with Crippen molar-refractivity contribution < 1.29 is 4.74 Å². The minimum absolute atomic E-state index is 0.551. The van der Waals surface area contributed by atoms with E-state index >= 15 is 0 Å². The van der Waals surface area contributed by atoms with Crippen LogP contribution in [0.1, 0.15) is 38.3 Å². The minimum atomic E-state index is 0.551. The molecule has 0 atom stereocenters. The van der Waals surface area contributed by atoms with Crippen LogP contribution in [0, 0.1) is 5.41 Å². The van der Waals surface area contributed by atoms with Crippen molar-refractivity contribution in [1.82, 2.24) is 9.97 Å². The molecule has 0 radical (unpaired) electrons. The Morgan fingerprint density at radius 1 is 1.16 bits per heavy atom. The lowest BCUT2D eigenvalue weighted by atomic mass is 9.72. The highest BCUT2D eigenvalue weighted by Gasteiger charge is 2.36. The van der Waals surface area contributed by atoms with Gasteiger partial charge in [0.25, 0.3) is 0 Å². The van der Waals surface area contributed by atoms with E-state index in [0.29, 0.717) is 5.41 Å². The SMILES string of the molecule is CCc1cc(N2CCC3(CCOCC3)CC2)ncn1. The quantitative estimate of drug-likeness (QED) is 0.819. The first-order chi connectivity index (χ1) is 9.31. The van der Waals surface area contributed by atoms with Crippen molar-refractivity contribution in [2.24, 2.45) is 5.41 Å². The molecular weight excluding hydrogens is 238 g/mol. The predicted octanol–water partition coefficient (Wildman–Crippen LogP) is 2.44. The van der Waals surface area contributed by atoms with Gasteiger partial charge >= 0.3 is 0 Å². The van der Waals surface area contributed by atoms with E-state index in [2.05, 4.69) is 27.9 Å². The smallest absolute Gasteiger partial charge is 0.132 e. The predicted molar refractivity (Wildman–Crippen MR) is 75.3 cm³/mol. The molecule has 19 heavy (non-hydrogen) atoms. The molecule has 0 amide bonds. The van der Waals surface area contributed by atoms with E-state index in [-0.39, 0.29) is 0 Å². The van der Waals surface area contributed by atoms with Gasteiger partial charge in [-0.1, -0.05) is 6.92 Å². The van der Waals surface area contributed by atoms with Gasteiger partial charge < -0.3 is 9.64 Å². The van der Waals surface area contributed by atoms with Gasteiger partial charge in [0.15, 0.2) is 0 Å². The zero-order chi connectivity index (χ0) is 13.1. The van der Waals surface area contributed by atoms with Crippen molar-refractivity contribution in [2.45, 2.75) is 39.0 Å². The minimum Gasteiger partial charge on any atom is -0.381 e. The van der Waals surface area contributed by atoms with Crippen LogP contribution in [0.5, 0.6) is 0 Å². The Bertz CT molecular complexity index is 419. The third-order valence-electron chi connectivity index (χ3n) is 4.77. The number of anilines is 1. The molecule has 2 fully saturated rings. The van der Waals surface area contributed by atoms with Crippen molar-refractivity contribution in [3.05, 3.63) is 18.1 Å². The molecule has 0 N–H and O–H groups in total. The summed E-state index contributed by atoms with van der Waals surface area (Å²) in [5, 5.41) is 0. The zero-order valence-electron chi connectivity index (χ0n) is 11.8. The summed E-state index contributed by atoms with van der Waals surface area (Å²) < 4.78 is 5.50. The lowest BCUT2D eigenvalue weighted by molar-refractivity contribution is 0.00206. The van der Waals surface area contributed by atoms with Crippen LogP contribution < -0.4 is 4.90 Å². The van der Waals surface area contributed by atoms with Gasteiger partial charge in [0.05, 0.1) is 0 Å². The molecule has 3 rings (SSSR count). The number of hydrogen-bond acceptors (Lipinski definition) is 4. The molecule has 0 saturated carbocycles. The summed E-state index contributed by atoms with van der Waals surface area (Å²) in [5.41, 5.74) is 1.69. The summed E-state index contributed by atoms with van der Waals surface area (Å²) in [6.45, 7) is 6.29. The summed E-state index contributed by atoms with van der Waals surface area (Å²) in [4.78, 5) is 11.1. The molecule has 104 valence electrons. The molecule has 2 aliphatic rings. The second-order valence-corrected chi connectivity index (χ2v) is 5.82. The van der Waals surface area contributed by atoms with Crippen molar-refractivity contribution in [1.29, 1.82) is 0 Å². The molecule has 2 saturated heterocycles. The first-order valence-electron chi connectivity index (χ1n) is 7.45. The summed E-state index contributed by atoms with van der Waals surface area (Å²) in [6, 6.07) is 2.14. The van der Waals surface area contributed by atoms with Crippen LogP contribution >= 0.6 is 0 Å². The topological polar surface area (TPSA) is 38.2 Å². The number of nitrogens with zero attached hydrogens (tertiary/aromatic N) is 3. The van der Waals surface area contributed by atoms with Gasteiger partial charge in [-0.2, -0.15) is 0 Å². The zero-order valence-corrected chi connectivity index (χ0v) is 11.8. The highest BCUT2D eigenvalue weighted by Crippen LogP contribution is 2.41. The standard InChI is InChI=1S/C15H23N3O/c1-2-13-11-14(17-12-16-13)18-7-3-15(4-8-18)5-9-19-10-6-15/h11-12H,2-10H2,1H3. The lowest BCUT2D eigenvalue weighted by Gasteiger charge is -2.44. The fourth-order valence-corrected chi connectivity index (χ4v) is 3.27. The Morgan fingerprint density at radius 2 is 1.89 bits per heavy atom. The van der Waals surface area contributed by atoms with Gasteiger partial charge in [-0.15, -0.1) is 0 Å². The molecule has 1 aromatic heterocycles. The van der Waals surface area contributed by atoms with Crippen LogP contribution in [-0.4, -0.2) is 36.3 Å². The number of hydrogen-bond donors (Lipinski definition) is 0. The van der Waals surface area contributed by atoms with E-state index in [1.165, 1.54) is 25.7 Å². The number of piperidine rings is 1. The highest BCUT2D eigenvalue weighted by molar-refractivity contribution is 5.39. The molecule has 0 aliphatic carbocycles. The maximum absolute atomic E-state index is 5.50. The lowest BCUT2D eigenvalue weighted by Crippen LogP contribution is -2.43. The van der Waals surface area contributed by atoms with Crippen molar-refractivity contribution in [2.75, 3.05) is 31.2 Å². The van der Waals surface area contributed by atoms with Gasteiger partial charge in [0.1, 0.15) is 12.1 Å². The van der Waals surface area contributed by atoms with E-state index in [9.17, 15) is 0 Å². The van der Waals surface area contributed by atoms with E-state index in [0.717, 1.165) is 44.2 Å². The first-order valence-corrected chi connectivity index (χ1v) is 7.45. The van der Waals surface area contributed by atoms with E-state index in [4.69, 9.17) is 4.74 Å². The molecule has 0 aromatic carbocycles. The largest absolute Gasteiger partial charge is 0.381 e. The molecule has 1 spiro atoms. The molecule has 3 heterocycles. The Morgan fingerprint density at radius 3 is 2.58 bits per heavy atom. The number of rotatable bonds is 2. The highest BCUT2D eigenvalue weighted by atomic mass is 16.5. The molecule has 0 unspecified atom stereocenters. The molecule has 4 nitrogen and oxygen atoms in total. The average molecular weight is 261 g/mol. The van der Waals surface area contributed by atoms with Crippen LogP contribution in [-0.2, 0) is 11.2 Å². The Hall–Kier alpha value is -1.16. The number of aryl methyl sites for hydroxylation is 1. The third kappa shape index (κ3) is 2.73. The van der Waals surface area contributed by atoms with Gasteiger partial charge in [-0.05, 0) is 37.5 Å². The normalized spacial score (nSPS) is 22.7. The fourth-order valence-electron chi connectivity index (χ4n) is 3.27. The average Bonchev–Trinajstić information content (AvgIpc) is 2.49. The van der Waals surface area contributed by atoms with Gasteiger partial charge in [-0.3, -0.25) is 0 Å². The number of ether oxygens (including phenoxy) is 1. The van der Waals surface area contributed by atoms with Crippen molar-refractivity contribution in [3.8, 4) is 0 Å². The molecule has 4 heteroatoms. The molecule has 1 aromatic rings. The molecule has 2 aliphatic heterocycles. The summed E-state index contributed by atoms with van der Waals surface area (Å²) >= 11 is 0. The van der Waals surface area contributed by atoms with Crippen LogP contribution in [0.2, 0.25) is 0 Å². The van der Waals surface area contributed by atoms with Crippen LogP contribution in [0.4, 0.5) is 5.82 Å². The Balaban J connectivity index is 1.65. The summed E-state index contributed by atoms with van der Waals surface area (Å²) in [5.74, 6) is 1.11. The number of aromatic nitrogens is 2. The van der Waals surface area contributed by atoms with Crippen molar-refractivity contribution in [3.63, 3.8) is 0 Å². The van der Waals surface area contributed by atoms with E-state index in [1.807, 2.05) is 0 Å². The monoisotopic (exact) mass is 261 g/mol. The van der Waals surface area contributed by atoms with Crippen LogP contribution in [0.15, 0.2) is 12.4 Å². The van der Waals surface area contributed by atoms with Gasteiger partial charge in [0, 0.05) is 38.1 Å².